The van der Waals surface area contributed by atoms with Gasteiger partial charge in [-0.1, -0.05) is 30.3 Å². The number of likely N-dealkylation sites (tertiary alicyclic amines) is 1. The molecule has 1 fully saturated rings. The summed E-state index contributed by atoms with van der Waals surface area (Å²) in [4.78, 5) is 43.2. The molecule has 1 N–H and O–H groups in total. The number of rotatable bonds is 9. The molecule has 0 radical (unpaired) electrons. The molecule has 1 saturated heterocycles. The molecule has 2 heterocycles. The number of hydrogen-bond acceptors (Lipinski definition) is 5. The van der Waals surface area contributed by atoms with Crippen molar-refractivity contribution in [2.75, 3.05) is 51.2 Å². The second-order valence-corrected chi connectivity index (χ2v) is 8.95. The second kappa shape index (κ2) is 10.6. The van der Waals surface area contributed by atoms with Gasteiger partial charge in [0.2, 0.25) is 5.91 Å². The van der Waals surface area contributed by atoms with E-state index in [1.165, 1.54) is 10.6 Å². The van der Waals surface area contributed by atoms with E-state index in [-0.39, 0.29) is 23.6 Å². The first-order valence-electron chi connectivity index (χ1n) is 11.7. The van der Waals surface area contributed by atoms with Crippen LogP contribution in [0.15, 0.2) is 54.6 Å². The summed E-state index contributed by atoms with van der Waals surface area (Å²) in [6, 6.07) is 17.2. The van der Waals surface area contributed by atoms with Gasteiger partial charge < -0.3 is 10.2 Å². The molecule has 7 heteroatoms. The minimum atomic E-state index is -0.185. The van der Waals surface area contributed by atoms with Gasteiger partial charge in [0.15, 0.2) is 0 Å². The van der Waals surface area contributed by atoms with E-state index in [1.807, 2.05) is 18.2 Å². The lowest BCUT2D eigenvalue weighted by Gasteiger charge is -2.33. The zero-order valence-corrected chi connectivity index (χ0v) is 19.2. The first-order chi connectivity index (χ1) is 16.0. The lowest BCUT2D eigenvalue weighted by molar-refractivity contribution is -0.122. The SMILES string of the molecule is CN(CCCNC(=O)CN1CCC(CN2C(=O)c3ccccc3C2=O)CC1)c1ccccc1. The van der Waals surface area contributed by atoms with Gasteiger partial charge in [0.25, 0.3) is 11.8 Å². The summed E-state index contributed by atoms with van der Waals surface area (Å²) in [6.45, 7) is 4.01. The zero-order chi connectivity index (χ0) is 23.2. The predicted octanol–water partition coefficient (Wildman–Crippen LogP) is 2.64. The van der Waals surface area contributed by atoms with Crippen LogP contribution in [0.2, 0.25) is 0 Å². The Hall–Kier alpha value is -3.19. The van der Waals surface area contributed by atoms with Crippen LogP contribution in [0, 0.1) is 5.92 Å². The molecule has 2 aromatic carbocycles. The number of nitrogens with zero attached hydrogens (tertiary/aromatic N) is 3. The predicted molar refractivity (Wildman–Crippen MR) is 128 cm³/mol. The molecular formula is C26H32N4O3. The minimum absolute atomic E-state index is 0.0520. The Kier molecular flexibility index (Phi) is 7.40. The van der Waals surface area contributed by atoms with E-state index in [0.29, 0.717) is 30.8 Å². The largest absolute Gasteiger partial charge is 0.375 e. The molecule has 0 aliphatic carbocycles. The van der Waals surface area contributed by atoms with E-state index in [4.69, 9.17) is 0 Å². The van der Waals surface area contributed by atoms with Gasteiger partial charge in [-0.2, -0.15) is 0 Å². The molecule has 0 bridgehead atoms. The van der Waals surface area contributed by atoms with E-state index in [0.717, 1.165) is 38.9 Å². The molecule has 2 aromatic rings. The summed E-state index contributed by atoms with van der Waals surface area (Å²) >= 11 is 0. The van der Waals surface area contributed by atoms with Crippen molar-refractivity contribution in [3.63, 3.8) is 0 Å². The Balaban J connectivity index is 1.13. The number of hydrogen-bond donors (Lipinski definition) is 1. The van der Waals surface area contributed by atoms with Crippen LogP contribution < -0.4 is 10.2 Å². The Morgan fingerprint density at radius 3 is 2.21 bits per heavy atom. The lowest BCUT2D eigenvalue weighted by atomic mass is 9.96. The van der Waals surface area contributed by atoms with Crippen molar-refractivity contribution in [1.29, 1.82) is 0 Å². The van der Waals surface area contributed by atoms with Crippen molar-refractivity contribution in [1.82, 2.24) is 15.1 Å². The van der Waals surface area contributed by atoms with Gasteiger partial charge in [-0.25, -0.2) is 0 Å². The van der Waals surface area contributed by atoms with Crippen molar-refractivity contribution in [3.05, 3.63) is 65.7 Å². The minimum Gasteiger partial charge on any atom is -0.375 e. The molecule has 0 unspecified atom stereocenters. The van der Waals surface area contributed by atoms with Crippen LogP contribution >= 0.6 is 0 Å². The van der Waals surface area contributed by atoms with Crippen molar-refractivity contribution >= 4 is 23.4 Å². The van der Waals surface area contributed by atoms with Gasteiger partial charge in [-0.3, -0.25) is 24.2 Å². The third-order valence-corrected chi connectivity index (χ3v) is 6.58. The molecule has 3 amide bonds. The maximum absolute atomic E-state index is 12.6. The van der Waals surface area contributed by atoms with Crippen LogP contribution in [0.25, 0.3) is 0 Å². The van der Waals surface area contributed by atoms with Crippen LogP contribution in [0.5, 0.6) is 0 Å². The van der Waals surface area contributed by atoms with Crippen LogP contribution in [-0.2, 0) is 4.79 Å². The second-order valence-electron chi connectivity index (χ2n) is 8.95. The Morgan fingerprint density at radius 2 is 1.58 bits per heavy atom. The number of imide groups is 1. The molecule has 174 valence electrons. The van der Waals surface area contributed by atoms with Crippen LogP contribution in [-0.4, -0.2) is 73.8 Å². The monoisotopic (exact) mass is 448 g/mol. The molecule has 0 aromatic heterocycles. The van der Waals surface area contributed by atoms with Gasteiger partial charge in [0.05, 0.1) is 17.7 Å². The van der Waals surface area contributed by atoms with E-state index in [2.05, 4.69) is 34.3 Å². The van der Waals surface area contributed by atoms with Gasteiger partial charge in [-0.05, 0) is 62.5 Å². The van der Waals surface area contributed by atoms with Crippen LogP contribution in [0.3, 0.4) is 0 Å². The number of para-hydroxylation sites is 1. The van der Waals surface area contributed by atoms with Crippen LogP contribution in [0.4, 0.5) is 5.69 Å². The number of anilines is 1. The average molecular weight is 449 g/mol. The number of carbonyl (C=O) groups excluding carboxylic acids is 3. The molecule has 0 atom stereocenters. The van der Waals surface area contributed by atoms with Gasteiger partial charge in [-0.15, -0.1) is 0 Å². The van der Waals surface area contributed by atoms with E-state index in [1.54, 1.807) is 24.3 Å². The number of piperidine rings is 1. The first-order valence-corrected chi connectivity index (χ1v) is 11.7. The quantitative estimate of drug-likeness (QED) is 0.472. The van der Waals surface area contributed by atoms with E-state index >= 15 is 0 Å². The molecule has 7 nitrogen and oxygen atoms in total. The summed E-state index contributed by atoms with van der Waals surface area (Å²) in [6.07, 6.45) is 2.64. The molecule has 4 rings (SSSR count). The fourth-order valence-electron chi connectivity index (χ4n) is 4.60. The Bertz CT molecular complexity index is 951. The van der Waals surface area contributed by atoms with Crippen molar-refractivity contribution in [2.45, 2.75) is 19.3 Å². The molecule has 0 saturated carbocycles. The normalized spacial score (nSPS) is 16.7. The highest BCUT2D eigenvalue weighted by molar-refractivity contribution is 6.21. The summed E-state index contributed by atoms with van der Waals surface area (Å²) in [5.74, 6) is -0.0400. The third kappa shape index (κ3) is 5.60. The first kappa shape index (κ1) is 23.0. The molecule has 0 spiro atoms. The number of nitrogens with one attached hydrogen (secondary N) is 1. The number of carbonyl (C=O) groups is 3. The van der Waals surface area contributed by atoms with Gasteiger partial charge in [0.1, 0.15) is 0 Å². The highest BCUT2D eigenvalue weighted by atomic mass is 16.2. The summed E-state index contributed by atoms with van der Waals surface area (Å²) in [5.41, 5.74) is 2.19. The maximum Gasteiger partial charge on any atom is 0.261 e. The summed E-state index contributed by atoms with van der Waals surface area (Å²) in [5, 5.41) is 3.02. The van der Waals surface area contributed by atoms with Crippen molar-refractivity contribution < 1.29 is 14.4 Å². The fourth-order valence-corrected chi connectivity index (χ4v) is 4.60. The average Bonchev–Trinajstić information content (AvgIpc) is 3.08. The van der Waals surface area contributed by atoms with Crippen molar-refractivity contribution in [3.8, 4) is 0 Å². The standard InChI is InChI=1S/C26H32N4O3/c1-28(21-8-3-2-4-9-21)15-7-14-27-24(31)19-29-16-12-20(13-17-29)18-30-25(32)22-10-5-6-11-23(22)26(30)33/h2-6,8-11,20H,7,12-19H2,1H3,(H,27,31). The Labute approximate surface area is 195 Å². The van der Waals surface area contributed by atoms with Crippen molar-refractivity contribution in [2.24, 2.45) is 5.92 Å². The number of amides is 3. The van der Waals surface area contributed by atoms with Crippen LogP contribution in [0.1, 0.15) is 40.0 Å². The number of benzene rings is 2. The molecule has 2 aliphatic rings. The lowest BCUT2D eigenvalue weighted by Crippen LogP contribution is -2.44. The third-order valence-electron chi connectivity index (χ3n) is 6.58. The highest BCUT2D eigenvalue weighted by Crippen LogP contribution is 2.26. The zero-order valence-electron chi connectivity index (χ0n) is 19.2. The van der Waals surface area contributed by atoms with E-state index < -0.39 is 0 Å². The Morgan fingerprint density at radius 1 is 0.970 bits per heavy atom. The van der Waals surface area contributed by atoms with Gasteiger partial charge in [0, 0.05) is 32.4 Å². The van der Waals surface area contributed by atoms with E-state index in [9.17, 15) is 14.4 Å². The topological polar surface area (TPSA) is 73.0 Å². The maximum atomic E-state index is 12.6. The molecule has 2 aliphatic heterocycles. The highest BCUT2D eigenvalue weighted by Gasteiger charge is 2.36. The number of fused-ring (bicyclic) bond motifs is 1. The molecular weight excluding hydrogens is 416 g/mol. The van der Waals surface area contributed by atoms with Gasteiger partial charge >= 0.3 is 0 Å². The molecule has 33 heavy (non-hydrogen) atoms. The smallest absolute Gasteiger partial charge is 0.261 e. The summed E-state index contributed by atoms with van der Waals surface area (Å²) in [7, 11) is 2.06. The fraction of sp³-hybridized carbons (Fsp3) is 0.423. The summed E-state index contributed by atoms with van der Waals surface area (Å²) < 4.78 is 0.